The summed E-state index contributed by atoms with van der Waals surface area (Å²) in [5.41, 5.74) is 2.87. The second-order valence-corrected chi connectivity index (χ2v) is 6.03. The van der Waals surface area contributed by atoms with Crippen molar-refractivity contribution >= 4 is 17.6 Å². The fraction of sp³-hybridized carbons (Fsp3) is 0.300. The summed E-state index contributed by atoms with van der Waals surface area (Å²) < 4.78 is 10.7. The molecule has 3 rings (SSSR count). The molecule has 1 N–H and O–H groups in total. The first-order valence-corrected chi connectivity index (χ1v) is 8.42. The van der Waals surface area contributed by atoms with Crippen molar-refractivity contribution in [2.45, 2.75) is 19.8 Å². The maximum absolute atomic E-state index is 12.2. The van der Waals surface area contributed by atoms with E-state index in [1.165, 1.54) is 5.56 Å². The number of fused-ring (bicyclic) bond motifs is 1. The molecule has 5 heteroatoms. The minimum atomic E-state index is -0.411. The quantitative estimate of drug-likeness (QED) is 0.851. The molecule has 0 saturated carbocycles. The summed E-state index contributed by atoms with van der Waals surface area (Å²) in [6.07, 6.45) is 1.51. The number of esters is 1. The van der Waals surface area contributed by atoms with Crippen LogP contribution in [0, 0.1) is 5.92 Å². The predicted molar refractivity (Wildman–Crippen MR) is 94.5 cm³/mol. The number of anilines is 1. The van der Waals surface area contributed by atoms with Gasteiger partial charge in [-0.05, 0) is 42.2 Å². The van der Waals surface area contributed by atoms with Crippen LogP contribution >= 0.6 is 0 Å². The highest BCUT2D eigenvalue weighted by atomic mass is 16.5. The summed E-state index contributed by atoms with van der Waals surface area (Å²) in [6, 6.07) is 15.2. The number of para-hydroxylation sites is 1. The van der Waals surface area contributed by atoms with E-state index in [1.807, 2.05) is 48.5 Å². The van der Waals surface area contributed by atoms with Gasteiger partial charge in [-0.15, -0.1) is 0 Å². The van der Waals surface area contributed by atoms with E-state index in [9.17, 15) is 9.59 Å². The highest BCUT2D eigenvalue weighted by molar-refractivity contribution is 5.92. The largest absolute Gasteiger partial charge is 0.492 e. The zero-order valence-corrected chi connectivity index (χ0v) is 14.2. The van der Waals surface area contributed by atoms with Crippen LogP contribution in [0.5, 0.6) is 5.75 Å². The van der Waals surface area contributed by atoms with Crippen LogP contribution in [0.15, 0.2) is 48.5 Å². The van der Waals surface area contributed by atoms with E-state index in [0.717, 1.165) is 17.7 Å². The Kier molecular flexibility index (Phi) is 5.33. The number of carbonyl (C=O) groups is 2. The van der Waals surface area contributed by atoms with Crippen LogP contribution in [-0.2, 0) is 27.2 Å². The minimum Gasteiger partial charge on any atom is -0.492 e. The molecule has 2 aromatic carbocycles. The normalized spacial score (nSPS) is 15.6. The lowest BCUT2D eigenvalue weighted by Crippen LogP contribution is -2.31. The van der Waals surface area contributed by atoms with Crippen molar-refractivity contribution in [3.05, 3.63) is 59.7 Å². The molecule has 0 bridgehead atoms. The Morgan fingerprint density at radius 3 is 2.68 bits per heavy atom. The molecule has 0 fully saturated rings. The Morgan fingerprint density at radius 1 is 1.16 bits per heavy atom. The van der Waals surface area contributed by atoms with Gasteiger partial charge in [0.15, 0.2) is 6.61 Å². The zero-order valence-electron chi connectivity index (χ0n) is 14.2. The van der Waals surface area contributed by atoms with Gasteiger partial charge >= 0.3 is 5.97 Å². The van der Waals surface area contributed by atoms with E-state index in [0.29, 0.717) is 12.1 Å². The highest BCUT2D eigenvalue weighted by Gasteiger charge is 2.27. The second-order valence-electron chi connectivity index (χ2n) is 6.03. The Balaban J connectivity index is 1.48. The number of nitrogens with one attached hydrogen (secondary N) is 1. The smallest absolute Gasteiger partial charge is 0.313 e. The monoisotopic (exact) mass is 339 g/mol. The molecule has 1 aliphatic rings. The number of rotatable bonds is 5. The molecule has 0 aliphatic carbocycles. The average molecular weight is 339 g/mol. The van der Waals surface area contributed by atoms with Crippen LogP contribution in [-0.4, -0.2) is 25.1 Å². The average Bonchev–Trinajstić information content (AvgIpc) is 2.66. The van der Waals surface area contributed by atoms with Crippen molar-refractivity contribution < 1.29 is 19.1 Å². The van der Waals surface area contributed by atoms with Crippen molar-refractivity contribution in [1.82, 2.24) is 0 Å². The van der Waals surface area contributed by atoms with Crippen molar-refractivity contribution in [1.29, 1.82) is 0 Å². The summed E-state index contributed by atoms with van der Waals surface area (Å²) in [6.45, 7) is 2.04. The Hall–Kier alpha value is -2.82. The van der Waals surface area contributed by atoms with Crippen LogP contribution in [0.4, 0.5) is 5.69 Å². The van der Waals surface area contributed by atoms with Gasteiger partial charge in [-0.3, -0.25) is 9.59 Å². The van der Waals surface area contributed by atoms with E-state index in [2.05, 4.69) is 12.2 Å². The van der Waals surface area contributed by atoms with Crippen LogP contribution < -0.4 is 10.1 Å². The second kappa shape index (κ2) is 7.83. The molecule has 5 nitrogen and oxygen atoms in total. The molecule has 2 aromatic rings. The number of benzene rings is 2. The lowest BCUT2D eigenvalue weighted by atomic mass is 9.97. The molecule has 130 valence electrons. The molecule has 1 atom stereocenters. The molecule has 0 saturated heterocycles. The highest BCUT2D eigenvalue weighted by Crippen LogP contribution is 2.27. The van der Waals surface area contributed by atoms with Crippen LogP contribution in [0.3, 0.4) is 0 Å². The van der Waals surface area contributed by atoms with Crippen molar-refractivity contribution in [3.63, 3.8) is 0 Å². The van der Waals surface area contributed by atoms with Gasteiger partial charge in [0.25, 0.3) is 5.91 Å². The maximum atomic E-state index is 12.2. The van der Waals surface area contributed by atoms with Gasteiger partial charge in [-0.2, -0.15) is 0 Å². The van der Waals surface area contributed by atoms with Gasteiger partial charge in [-0.25, -0.2) is 0 Å². The fourth-order valence-electron chi connectivity index (χ4n) is 2.75. The standard InChI is InChI=1S/C20H21NO4/c1-2-14-7-9-17(10-8-14)21-19(22)13-25-20(23)16-11-15-5-3-4-6-18(15)24-12-16/h3-10,16H,2,11-13H2,1H3,(H,21,22). The van der Waals surface area contributed by atoms with E-state index in [4.69, 9.17) is 9.47 Å². The molecule has 0 spiro atoms. The third kappa shape index (κ3) is 4.38. The molecule has 25 heavy (non-hydrogen) atoms. The SMILES string of the molecule is CCc1ccc(NC(=O)COC(=O)C2COc3ccccc3C2)cc1. The molecule has 1 amide bonds. The van der Waals surface area contributed by atoms with Crippen LogP contribution in [0.25, 0.3) is 0 Å². The number of amides is 1. The van der Waals surface area contributed by atoms with E-state index >= 15 is 0 Å². The first kappa shape index (κ1) is 17.0. The number of aryl methyl sites for hydroxylation is 1. The van der Waals surface area contributed by atoms with Crippen molar-refractivity contribution in [3.8, 4) is 5.75 Å². The Labute approximate surface area is 147 Å². The maximum Gasteiger partial charge on any atom is 0.313 e. The summed E-state index contributed by atoms with van der Waals surface area (Å²) in [5, 5.41) is 2.72. The number of hydrogen-bond donors (Lipinski definition) is 1. The molecule has 1 unspecified atom stereocenters. The van der Waals surface area contributed by atoms with Crippen molar-refractivity contribution in [2.24, 2.45) is 5.92 Å². The molecule has 1 heterocycles. The summed E-state index contributed by atoms with van der Waals surface area (Å²) >= 11 is 0. The fourth-order valence-corrected chi connectivity index (χ4v) is 2.75. The van der Waals surface area contributed by atoms with Gasteiger partial charge in [0.1, 0.15) is 12.4 Å². The van der Waals surface area contributed by atoms with E-state index in [-0.39, 0.29) is 25.0 Å². The topological polar surface area (TPSA) is 64.6 Å². The molecule has 0 aromatic heterocycles. The van der Waals surface area contributed by atoms with E-state index < -0.39 is 5.97 Å². The van der Waals surface area contributed by atoms with Gasteiger partial charge in [0.05, 0.1) is 5.92 Å². The third-order valence-electron chi connectivity index (χ3n) is 4.20. The summed E-state index contributed by atoms with van der Waals surface area (Å²) in [5.74, 6) is -0.341. The third-order valence-corrected chi connectivity index (χ3v) is 4.20. The Bertz CT molecular complexity index is 755. The first-order chi connectivity index (χ1) is 12.2. The predicted octanol–water partition coefficient (Wildman–Crippen LogP) is 2.98. The lowest BCUT2D eigenvalue weighted by Gasteiger charge is -2.23. The van der Waals surface area contributed by atoms with Gasteiger partial charge in [0.2, 0.25) is 0 Å². The number of hydrogen-bond acceptors (Lipinski definition) is 4. The molecule has 1 aliphatic heterocycles. The minimum absolute atomic E-state index is 0.274. The zero-order chi connectivity index (χ0) is 17.6. The van der Waals surface area contributed by atoms with Crippen LogP contribution in [0.2, 0.25) is 0 Å². The summed E-state index contributed by atoms with van der Waals surface area (Å²) in [7, 11) is 0. The number of carbonyl (C=O) groups excluding carboxylic acids is 2. The van der Waals surface area contributed by atoms with Gasteiger partial charge in [-0.1, -0.05) is 37.3 Å². The first-order valence-electron chi connectivity index (χ1n) is 8.42. The summed E-state index contributed by atoms with van der Waals surface area (Å²) in [4.78, 5) is 24.1. The molecular formula is C20H21NO4. The number of ether oxygens (including phenoxy) is 2. The Morgan fingerprint density at radius 2 is 1.92 bits per heavy atom. The van der Waals surface area contributed by atoms with Gasteiger partial charge in [0, 0.05) is 5.69 Å². The molecular weight excluding hydrogens is 318 g/mol. The van der Waals surface area contributed by atoms with E-state index in [1.54, 1.807) is 0 Å². The van der Waals surface area contributed by atoms with Crippen molar-refractivity contribution in [2.75, 3.05) is 18.5 Å². The lowest BCUT2D eigenvalue weighted by molar-refractivity contribution is -0.152. The van der Waals surface area contributed by atoms with Gasteiger partial charge < -0.3 is 14.8 Å². The molecule has 0 radical (unpaired) electrons. The van der Waals surface area contributed by atoms with Crippen LogP contribution in [0.1, 0.15) is 18.1 Å².